The summed E-state index contributed by atoms with van der Waals surface area (Å²) in [6, 6.07) is 15.7. The fraction of sp³-hybridized carbons (Fsp3) is 0.350. The van der Waals surface area contributed by atoms with Gasteiger partial charge < -0.3 is 19.5 Å². The van der Waals surface area contributed by atoms with Crippen LogP contribution in [0.3, 0.4) is 0 Å². The van der Waals surface area contributed by atoms with E-state index in [1.54, 1.807) is 13.2 Å². The van der Waals surface area contributed by atoms with Crippen LogP contribution in [-0.2, 0) is 22.4 Å². The zero-order valence-electron chi connectivity index (χ0n) is 14.2. The second kappa shape index (κ2) is 6.41. The van der Waals surface area contributed by atoms with Crippen LogP contribution in [0.5, 0.6) is 11.5 Å². The summed E-state index contributed by atoms with van der Waals surface area (Å²) < 4.78 is 17.2. The molecule has 0 fully saturated rings. The Morgan fingerprint density at radius 1 is 1.12 bits per heavy atom. The number of hydrogen-bond donors (Lipinski definition) is 1. The van der Waals surface area contributed by atoms with Crippen molar-refractivity contribution in [3.63, 3.8) is 0 Å². The van der Waals surface area contributed by atoms with E-state index in [1.165, 1.54) is 11.1 Å². The molecule has 0 saturated carbocycles. The summed E-state index contributed by atoms with van der Waals surface area (Å²) in [4.78, 5) is 12.5. The average molecular weight is 339 g/mol. The molecule has 1 aliphatic heterocycles. The number of nitrogens with one attached hydrogen (secondary N) is 1. The summed E-state index contributed by atoms with van der Waals surface area (Å²) in [5, 5.41) is 2.98. The molecule has 0 spiro atoms. The number of carbonyl (C=O) groups is 1. The van der Waals surface area contributed by atoms with Gasteiger partial charge in [0.1, 0.15) is 6.61 Å². The van der Waals surface area contributed by atoms with Crippen molar-refractivity contribution in [1.82, 2.24) is 5.32 Å². The quantitative estimate of drug-likeness (QED) is 0.927. The molecule has 1 amide bonds. The molecule has 2 aromatic rings. The van der Waals surface area contributed by atoms with Crippen LogP contribution in [0.1, 0.15) is 11.1 Å². The first-order valence-corrected chi connectivity index (χ1v) is 8.47. The lowest BCUT2D eigenvalue weighted by Gasteiger charge is -2.30. The highest BCUT2D eigenvalue weighted by Crippen LogP contribution is 2.33. The molecule has 1 aliphatic carbocycles. The number of ether oxygens (including phenoxy) is 3. The van der Waals surface area contributed by atoms with Gasteiger partial charge in [0.2, 0.25) is 6.10 Å². The molecule has 0 saturated heterocycles. The number of methoxy groups -OCH3 is 1. The van der Waals surface area contributed by atoms with Crippen LogP contribution in [0.2, 0.25) is 0 Å². The molecular weight excluding hydrogens is 318 g/mol. The van der Waals surface area contributed by atoms with Crippen LogP contribution in [0.25, 0.3) is 0 Å². The number of hydrogen-bond acceptors (Lipinski definition) is 4. The Morgan fingerprint density at radius 2 is 1.76 bits per heavy atom. The molecule has 2 aromatic carbocycles. The highest BCUT2D eigenvalue weighted by molar-refractivity contribution is 5.81. The molecule has 1 unspecified atom stereocenters. The van der Waals surface area contributed by atoms with Gasteiger partial charge in [0.15, 0.2) is 11.5 Å². The number of benzene rings is 2. The van der Waals surface area contributed by atoms with Crippen LogP contribution in [-0.4, -0.2) is 37.9 Å². The van der Waals surface area contributed by atoms with E-state index in [4.69, 9.17) is 14.2 Å². The van der Waals surface area contributed by atoms with Gasteiger partial charge in [-0.05, 0) is 23.3 Å². The minimum absolute atomic E-state index is 0.179. The van der Waals surface area contributed by atoms with Crippen molar-refractivity contribution >= 4 is 5.91 Å². The van der Waals surface area contributed by atoms with Gasteiger partial charge in [-0.3, -0.25) is 4.79 Å². The first kappa shape index (κ1) is 16.0. The Kier molecular flexibility index (Phi) is 4.09. The second-order valence-corrected chi connectivity index (χ2v) is 6.59. The Morgan fingerprint density at radius 3 is 2.44 bits per heavy atom. The van der Waals surface area contributed by atoms with Crippen molar-refractivity contribution in [2.75, 3.05) is 20.3 Å². The van der Waals surface area contributed by atoms with Crippen molar-refractivity contribution in [1.29, 1.82) is 0 Å². The molecule has 0 bridgehead atoms. The van der Waals surface area contributed by atoms with Gasteiger partial charge >= 0.3 is 0 Å². The molecule has 1 heterocycles. The third-order valence-electron chi connectivity index (χ3n) is 4.96. The molecule has 1 N–H and O–H groups in total. The second-order valence-electron chi connectivity index (χ2n) is 6.59. The van der Waals surface area contributed by atoms with Crippen LogP contribution < -0.4 is 14.8 Å². The Bertz CT molecular complexity index is 764. The van der Waals surface area contributed by atoms with E-state index in [0.29, 0.717) is 18.0 Å². The largest absolute Gasteiger partial charge is 0.485 e. The van der Waals surface area contributed by atoms with Gasteiger partial charge in [0.05, 0.1) is 5.60 Å². The smallest absolute Gasteiger partial charge is 0.264 e. The lowest BCUT2D eigenvalue weighted by Crippen LogP contribution is -2.50. The minimum atomic E-state index is -0.646. The third-order valence-corrected chi connectivity index (χ3v) is 4.96. The van der Waals surface area contributed by atoms with Crippen LogP contribution in [0.4, 0.5) is 0 Å². The van der Waals surface area contributed by atoms with Crippen LogP contribution in [0.15, 0.2) is 48.5 Å². The normalized spacial score (nSPS) is 20.0. The van der Waals surface area contributed by atoms with Crippen molar-refractivity contribution in [3.05, 3.63) is 59.7 Å². The standard InChI is InChI=1S/C20H21NO4/c1-23-20(10-14-6-2-3-7-15(14)11-20)13-21-19(22)18-12-24-16-8-4-5-9-17(16)25-18/h2-9,18H,10-13H2,1H3,(H,21,22). The zero-order chi connectivity index (χ0) is 17.3. The van der Waals surface area contributed by atoms with Crippen molar-refractivity contribution in [3.8, 4) is 11.5 Å². The Labute approximate surface area is 146 Å². The van der Waals surface area contributed by atoms with Gasteiger partial charge in [-0.25, -0.2) is 0 Å². The Hall–Kier alpha value is -2.53. The molecule has 0 aromatic heterocycles. The predicted octanol–water partition coefficient (Wildman–Crippen LogP) is 2.13. The Balaban J connectivity index is 1.39. The summed E-state index contributed by atoms with van der Waals surface area (Å²) in [5.74, 6) is 1.09. The number of amides is 1. The topological polar surface area (TPSA) is 56.8 Å². The van der Waals surface area contributed by atoms with E-state index in [1.807, 2.05) is 30.3 Å². The first-order chi connectivity index (χ1) is 12.2. The fourth-order valence-electron chi connectivity index (χ4n) is 3.51. The molecule has 4 rings (SSSR count). The maximum atomic E-state index is 12.5. The third kappa shape index (κ3) is 3.07. The lowest BCUT2D eigenvalue weighted by molar-refractivity contribution is -0.131. The van der Waals surface area contributed by atoms with Crippen molar-refractivity contribution < 1.29 is 19.0 Å². The lowest BCUT2D eigenvalue weighted by atomic mass is 10.00. The summed E-state index contributed by atoms with van der Waals surface area (Å²) in [5.41, 5.74) is 2.17. The molecule has 5 heteroatoms. The maximum absolute atomic E-state index is 12.5. The SMILES string of the molecule is COC1(CNC(=O)C2COc3ccccc3O2)Cc2ccccc2C1. The molecular formula is C20H21NO4. The summed E-state index contributed by atoms with van der Waals surface area (Å²) >= 11 is 0. The molecule has 2 aliphatic rings. The van der Waals surface area contributed by atoms with Crippen molar-refractivity contribution in [2.45, 2.75) is 24.5 Å². The summed E-state index contributed by atoms with van der Waals surface area (Å²) in [7, 11) is 1.70. The molecule has 130 valence electrons. The van der Waals surface area contributed by atoms with Gasteiger partial charge in [0.25, 0.3) is 5.91 Å². The van der Waals surface area contributed by atoms with Crippen LogP contribution in [0, 0.1) is 0 Å². The predicted molar refractivity (Wildman–Crippen MR) is 93.0 cm³/mol. The molecule has 5 nitrogen and oxygen atoms in total. The highest BCUT2D eigenvalue weighted by atomic mass is 16.6. The van der Waals surface area contributed by atoms with E-state index in [9.17, 15) is 4.79 Å². The van der Waals surface area contributed by atoms with Gasteiger partial charge in [0, 0.05) is 26.5 Å². The molecule has 1 atom stereocenters. The maximum Gasteiger partial charge on any atom is 0.264 e. The van der Waals surface area contributed by atoms with Gasteiger partial charge in [-0.15, -0.1) is 0 Å². The number of carbonyl (C=O) groups excluding carboxylic acids is 1. The zero-order valence-corrected chi connectivity index (χ0v) is 14.2. The van der Waals surface area contributed by atoms with Crippen LogP contribution >= 0.6 is 0 Å². The van der Waals surface area contributed by atoms with Gasteiger partial charge in [-0.2, -0.15) is 0 Å². The minimum Gasteiger partial charge on any atom is -0.485 e. The molecule has 25 heavy (non-hydrogen) atoms. The summed E-state index contributed by atoms with van der Waals surface area (Å²) in [6.07, 6.45) is 0.947. The monoisotopic (exact) mass is 339 g/mol. The first-order valence-electron chi connectivity index (χ1n) is 8.47. The van der Waals surface area contributed by atoms with E-state index in [2.05, 4.69) is 17.4 Å². The van der Waals surface area contributed by atoms with E-state index in [0.717, 1.165) is 12.8 Å². The summed E-state index contributed by atoms with van der Waals surface area (Å²) in [6.45, 7) is 0.654. The van der Waals surface area contributed by atoms with E-state index < -0.39 is 11.7 Å². The number of rotatable bonds is 4. The van der Waals surface area contributed by atoms with Crippen molar-refractivity contribution in [2.24, 2.45) is 0 Å². The van der Waals surface area contributed by atoms with Gasteiger partial charge in [-0.1, -0.05) is 36.4 Å². The molecule has 0 radical (unpaired) electrons. The fourth-order valence-corrected chi connectivity index (χ4v) is 3.51. The van der Waals surface area contributed by atoms with E-state index in [-0.39, 0.29) is 12.5 Å². The number of para-hydroxylation sites is 2. The average Bonchev–Trinajstić information content (AvgIpc) is 3.05. The number of fused-ring (bicyclic) bond motifs is 2. The highest BCUT2D eigenvalue weighted by Gasteiger charge is 2.38. The van der Waals surface area contributed by atoms with E-state index >= 15 is 0 Å².